The molecule has 4 nitrogen and oxygen atoms in total. The molecule has 2 aromatic rings. The fourth-order valence-electron chi connectivity index (χ4n) is 6.63. The van der Waals surface area contributed by atoms with E-state index < -0.39 is 0 Å². The molecule has 1 fully saturated rings. The summed E-state index contributed by atoms with van der Waals surface area (Å²) in [5, 5.41) is 16.4. The molecule has 1 aliphatic heterocycles. The van der Waals surface area contributed by atoms with E-state index in [4.69, 9.17) is 10.8 Å². The summed E-state index contributed by atoms with van der Waals surface area (Å²) >= 11 is 1.62. The maximum absolute atomic E-state index is 8.37. The summed E-state index contributed by atoms with van der Waals surface area (Å²) in [6, 6.07) is 19.9. The molecule has 4 rings (SSSR count). The van der Waals surface area contributed by atoms with Gasteiger partial charge >= 0.3 is 0 Å². The molecule has 0 amide bonds. The number of allylic oxidation sites excluding steroid dienone is 4. The first-order valence-electron chi connectivity index (χ1n) is 15.2. The number of piperidine rings is 1. The van der Waals surface area contributed by atoms with Crippen LogP contribution in [-0.4, -0.2) is 53.9 Å². The van der Waals surface area contributed by atoms with Crippen LogP contribution in [0, 0.1) is 23.7 Å². The van der Waals surface area contributed by atoms with Crippen molar-refractivity contribution >= 4 is 23.4 Å². The minimum absolute atomic E-state index is 0.0507. The minimum Gasteiger partial charge on any atom is -0.303 e. The van der Waals surface area contributed by atoms with E-state index in [-0.39, 0.29) is 5.41 Å². The van der Waals surface area contributed by atoms with E-state index in [1.54, 1.807) is 18.0 Å². The zero-order chi connectivity index (χ0) is 28.4. The SMILES string of the molecule is CCCC(CCN1CCC(CCCc2ccccc2)CC1)(CN(C)SC1=CC=CC(=N)C1=N)c1ccccc1C. The molecule has 1 heterocycles. The van der Waals surface area contributed by atoms with Crippen LogP contribution in [0.2, 0.25) is 0 Å². The van der Waals surface area contributed by atoms with Crippen molar-refractivity contribution in [3.63, 3.8) is 0 Å². The van der Waals surface area contributed by atoms with Crippen molar-refractivity contribution in [1.29, 1.82) is 10.8 Å². The molecule has 2 N–H and O–H groups in total. The van der Waals surface area contributed by atoms with Gasteiger partial charge in [-0.25, -0.2) is 4.31 Å². The van der Waals surface area contributed by atoms with Gasteiger partial charge in [0.25, 0.3) is 0 Å². The molecule has 1 unspecified atom stereocenters. The van der Waals surface area contributed by atoms with Gasteiger partial charge in [-0.3, -0.25) is 10.8 Å². The van der Waals surface area contributed by atoms with E-state index in [1.165, 1.54) is 61.9 Å². The molecule has 214 valence electrons. The number of hydrogen-bond donors (Lipinski definition) is 2. The molecule has 0 saturated carbocycles. The highest BCUT2D eigenvalue weighted by Gasteiger charge is 2.35. The molecular weight excluding hydrogens is 508 g/mol. The molecule has 1 atom stereocenters. The van der Waals surface area contributed by atoms with Gasteiger partial charge in [-0.15, -0.1) is 0 Å². The first kappa shape index (κ1) is 30.5. The number of hydrogen-bond acceptors (Lipinski definition) is 5. The number of likely N-dealkylation sites (N-methyl/N-ethyl adjacent to an activating group) is 1. The zero-order valence-electron chi connectivity index (χ0n) is 24.8. The number of nitrogens with one attached hydrogen (secondary N) is 2. The maximum atomic E-state index is 8.37. The van der Waals surface area contributed by atoms with Crippen LogP contribution < -0.4 is 0 Å². The Morgan fingerprint density at radius 2 is 1.73 bits per heavy atom. The van der Waals surface area contributed by atoms with Gasteiger partial charge in [-0.1, -0.05) is 80.4 Å². The molecule has 40 heavy (non-hydrogen) atoms. The van der Waals surface area contributed by atoms with E-state index in [0.29, 0.717) is 11.4 Å². The van der Waals surface area contributed by atoms with Gasteiger partial charge in [-0.2, -0.15) is 0 Å². The van der Waals surface area contributed by atoms with E-state index in [9.17, 15) is 0 Å². The topological polar surface area (TPSA) is 54.2 Å². The van der Waals surface area contributed by atoms with Crippen LogP contribution in [0.3, 0.4) is 0 Å². The smallest absolute Gasteiger partial charge is 0.0938 e. The number of benzene rings is 2. The molecule has 1 saturated heterocycles. The minimum atomic E-state index is 0.0507. The lowest BCUT2D eigenvalue weighted by atomic mass is 9.72. The Morgan fingerprint density at radius 1 is 1.00 bits per heavy atom. The number of likely N-dealkylation sites (tertiary alicyclic amines) is 1. The van der Waals surface area contributed by atoms with Gasteiger partial charge in [0.05, 0.1) is 16.3 Å². The van der Waals surface area contributed by atoms with Gasteiger partial charge in [0.1, 0.15) is 0 Å². The largest absolute Gasteiger partial charge is 0.303 e. The zero-order valence-corrected chi connectivity index (χ0v) is 25.6. The highest BCUT2D eigenvalue weighted by atomic mass is 32.2. The quantitative estimate of drug-likeness (QED) is 0.182. The van der Waals surface area contributed by atoms with Gasteiger partial charge in [0, 0.05) is 12.0 Å². The van der Waals surface area contributed by atoms with Crippen molar-refractivity contribution in [3.8, 4) is 0 Å². The molecule has 2 aromatic carbocycles. The Bertz CT molecular complexity index is 1180. The summed E-state index contributed by atoms with van der Waals surface area (Å²) < 4.78 is 2.31. The van der Waals surface area contributed by atoms with Crippen LogP contribution in [0.25, 0.3) is 0 Å². The van der Waals surface area contributed by atoms with Crippen LogP contribution in [0.5, 0.6) is 0 Å². The van der Waals surface area contributed by atoms with Crippen molar-refractivity contribution in [2.24, 2.45) is 5.92 Å². The van der Waals surface area contributed by atoms with Crippen molar-refractivity contribution in [1.82, 2.24) is 9.21 Å². The van der Waals surface area contributed by atoms with Crippen LogP contribution in [0.15, 0.2) is 77.7 Å². The normalized spacial score (nSPS) is 18.2. The summed E-state index contributed by atoms with van der Waals surface area (Å²) in [5.41, 5.74) is 4.98. The summed E-state index contributed by atoms with van der Waals surface area (Å²) in [7, 11) is 2.16. The van der Waals surface area contributed by atoms with Crippen LogP contribution in [0.1, 0.15) is 68.6 Å². The summed E-state index contributed by atoms with van der Waals surface area (Å²) in [6.45, 7) is 9.07. The maximum Gasteiger partial charge on any atom is 0.0938 e. The Labute approximate surface area is 247 Å². The first-order valence-corrected chi connectivity index (χ1v) is 16.0. The van der Waals surface area contributed by atoms with Crippen LogP contribution in [0.4, 0.5) is 0 Å². The van der Waals surface area contributed by atoms with Crippen LogP contribution >= 0.6 is 11.9 Å². The summed E-state index contributed by atoms with van der Waals surface area (Å²) in [5.74, 6) is 0.867. The molecule has 2 aliphatic rings. The Morgan fingerprint density at radius 3 is 2.45 bits per heavy atom. The third kappa shape index (κ3) is 8.28. The molecule has 5 heteroatoms. The highest BCUT2D eigenvalue weighted by Crippen LogP contribution is 2.39. The molecule has 0 aromatic heterocycles. The lowest BCUT2D eigenvalue weighted by molar-refractivity contribution is 0.156. The number of nitrogens with zero attached hydrogens (tertiary/aromatic N) is 2. The highest BCUT2D eigenvalue weighted by molar-refractivity contribution is 8.02. The van der Waals surface area contributed by atoms with E-state index in [2.05, 4.69) is 84.7 Å². The predicted molar refractivity (Wildman–Crippen MR) is 174 cm³/mol. The number of rotatable bonds is 14. The van der Waals surface area contributed by atoms with Crippen molar-refractivity contribution < 1.29 is 0 Å². The van der Waals surface area contributed by atoms with E-state index in [0.717, 1.165) is 43.2 Å². The van der Waals surface area contributed by atoms with Gasteiger partial charge in [-0.05, 0) is 119 Å². The van der Waals surface area contributed by atoms with Gasteiger partial charge in [0.2, 0.25) is 0 Å². The van der Waals surface area contributed by atoms with Crippen molar-refractivity contribution in [2.75, 3.05) is 33.2 Å². The van der Waals surface area contributed by atoms with Crippen LogP contribution in [-0.2, 0) is 11.8 Å². The van der Waals surface area contributed by atoms with Crippen molar-refractivity contribution in [3.05, 3.63) is 94.4 Å². The van der Waals surface area contributed by atoms with E-state index in [1.807, 2.05) is 12.2 Å². The second kappa shape index (κ2) is 15.0. The molecule has 0 bridgehead atoms. The molecule has 0 spiro atoms. The Kier molecular flexibility index (Phi) is 11.4. The second-order valence-electron chi connectivity index (χ2n) is 11.8. The molecule has 0 radical (unpaired) electrons. The van der Waals surface area contributed by atoms with Crippen molar-refractivity contribution in [2.45, 2.75) is 70.6 Å². The average molecular weight is 557 g/mol. The summed E-state index contributed by atoms with van der Waals surface area (Å²) in [6.07, 6.45) is 15.5. The Balaban J connectivity index is 1.38. The molecule has 1 aliphatic carbocycles. The first-order chi connectivity index (χ1) is 19.4. The fraction of sp³-hybridized carbons (Fsp3) is 0.486. The van der Waals surface area contributed by atoms with E-state index >= 15 is 0 Å². The lowest BCUT2D eigenvalue weighted by Gasteiger charge is -2.41. The lowest BCUT2D eigenvalue weighted by Crippen LogP contribution is -2.42. The Hall–Kier alpha value is -2.47. The summed E-state index contributed by atoms with van der Waals surface area (Å²) in [4.78, 5) is 3.58. The third-order valence-corrected chi connectivity index (χ3v) is 9.76. The predicted octanol–water partition coefficient (Wildman–Crippen LogP) is 8.23. The fourth-order valence-corrected chi connectivity index (χ4v) is 7.62. The third-order valence-electron chi connectivity index (χ3n) is 8.79. The van der Waals surface area contributed by atoms with Gasteiger partial charge in [0.15, 0.2) is 0 Å². The monoisotopic (exact) mass is 556 g/mol. The number of aryl methyl sites for hydroxylation is 2. The second-order valence-corrected chi connectivity index (χ2v) is 13.1. The van der Waals surface area contributed by atoms with Gasteiger partial charge < -0.3 is 4.90 Å². The average Bonchev–Trinajstić information content (AvgIpc) is 2.96. The molecular formula is C35H48N4S. The standard InChI is InChI=1S/C35H48N4S/c1-4-22-35(31-17-9-8-12-28(31)2,27-38(3)40-33-19-11-18-32(36)34(33)37)23-26-39-24-20-30(21-25-39)16-10-15-29-13-6-5-7-14-29/h5-9,11-14,17-19,30,36-37H,4,10,15-16,20-27H2,1-3H3.